The van der Waals surface area contributed by atoms with Crippen LogP contribution in [-0.2, 0) is 17.8 Å². The fraction of sp³-hybridized carbons (Fsp3) is 0.346. The SMILES string of the molecule is Cc1nc2c(c(=O)n1C(c1ccccc1)c1ccccc1)CCN(C(=O)C(C)(C)C)C2. The second kappa shape index (κ2) is 8.14. The maximum absolute atomic E-state index is 13.7. The molecule has 2 aromatic carbocycles. The number of benzene rings is 2. The summed E-state index contributed by atoms with van der Waals surface area (Å²) < 4.78 is 1.81. The summed E-state index contributed by atoms with van der Waals surface area (Å²) in [4.78, 5) is 33.1. The molecule has 0 aliphatic carbocycles. The number of rotatable bonds is 3. The minimum Gasteiger partial charge on any atom is -0.336 e. The van der Waals surface area contributed by atoms with E-state index >= 15 is 0 Å². The zero-order valence-corrected chi connectivity index (χ0v) is 18.6. The van der Waals surface area contributed by atoms with Crippen molar-refractivity contribution in [3.8, 4) is 0 Å². The molecular formula is C26H29N3O2. The summed E-state index contributed by atoms with van der Waals surface area (Å²) in [5, 5.41) is 0. The lowest BCUT2D eigenvalue weighted by Gasteiger charge is -2.34. The molecule has 0 fully saturated rings. The van der Waals surface area contributed by atoms with Crippen LogP contribution in [0.5, 0.6) is 0 Å². The fourth-order valence-corrected chi connectivity index (χ4v) is 4.33. The van der Waals surface area contributed by atoms with Crippen LogP contribution in [0.4, 0.5) is 0 Å². The number of aromatic nitrogens is 2. The average molecular weight is 416 g/mol. The minimum absolute atomic E-state index is 0.0111. The third-order valence-electron chi connectivity index (χ3n) is 5.86. The molecule has 1 aliphatic rings. The lowest BCUT2D eigenvalue weighted by molar-refractivity contribution is -0.140. The summed E-state index contributed by atoms with van der Waals surface area (Å²) in [5.74, 6) is 0.750. The zero-order valence-electron chi connectivity index (χ0n) is 18.6. The normalized spacial score (nSPS) is 13.9. The monoisotopic (exact) mass is 415 g/mol. The Morgan fingerprint density at radius 3 is 2.03 bits per heavy atom. The Balaban J connectivity index is 1.81. The molecule has 5 heteroatoms. The topological polar surface area (TPSA) is 55.2 Å². The van der Waals surface area contributed by atoms with Crippen molar-refractivity contribution in [3.05, 3.63) is 99.2 Å². The second-order valence-corrected chi connectivity index (χ2v) is 9.21. The van der Waals surface area contributed by atoms with Gasteiger partial charge in [0.05, 0.1) is 18.3 Å². The Kier molecular flexibility index (Phi) is 5.52. The maximum atomic E-state index is 13.7. The highest BCUT2D eigenvalue weighted by molar-refractivity contribution is 5.81. The van der Waals surface area contributed by atoms with Gasteiger partial charge in [0.2, 0.25) is 5.91 Å². The van der Waals surface area contributed by atoms with Crippen molar-refractivity contribution in [1.82, 2.24) is 14.5 Å². The van der Waals surface area contributed by atoms with Crippen molar-refractivity contribution in [1.29, 1.82) is 0 Å². The Morgan fingerprint density at radius 1 is 0.968 bits per heavy atom. The quantitative estimate of drug-likeness (QED) is 0.647. The maximum Gasteiger partial charge on any atom is 0.257 e. The van der Waals surface area contributed by atoms with E-state index in [9.17, 15) is 9.59 Å². The first kappa shape index (κ1) is 21.0. The molecule has 5 nitrogen and oxygen atoms in total. The molecule has 1 aliphatic heterocycles. The van der Waals surface area contributed by atoms with Crippen LogP contribution >= 0.6 is 0 Å². The van der Waals surface area contributed by atoms with Gasteiger partial charge in [-0.15, -0.1) is 0 Å². The van der Waals surface area contributed by atoms with Crippen molar-refractivity contribution in [3.63, 3.8) is 0 Å². The minimum atomic E-state index is -0.451. The summed E-state index contributed by atoms with van der Waals surface area (Å²) in [6, 6.07) is 19.9. The molecule has 160 valence electrons. The van der Waals surface area contributed by atoms with Crippen molar-refractivity contribution < 1.29 is 4.79 Å². The first-order chi connectivity index (χ1) is 14.8. The molecular weight excluding hydrogens is 386 g/mol. The lowest BCUT2D eigenvalue weighted by atomic mass is 9.93. The number of fused-ring (bicyclic) bond motifs is 1. The first-order valence-electron chi connectivity index (χ1n) is 10.8. The predicted molar refractivity (Wildman–Crippen MR) is 122 cm³/mol. The molecule has 0 bridgehead atoms. The Bertz CT molecular complexity index is 1110. The molecule has 1 aromatic heterocycles. The summed E-state index contributed by atoms with van der Waals surface area (Å²) in [7, 11) is 0. The highest BCUT2D eigenvalue weighted by Crippen LogP contribution is 2.28. The van der Waals surface area contributed by atoms with Gasteiger partial charge in [0.15, 0.2) is 0 Å². The summed E-state index contributed by atoms with van der Waals surface area (Å²) in [5.41, 5.74) is 3.07. The summed E-state index contributed by atoms with van der Waals surface area (Å²) >= 11 is 0. The summed E-state index contributed by atoms with van der Waals surface area (Å²) in [6.45, 7) is 8.59. The smallest absolute Gasteiger partial charge is 0.257 e. The van der Waals surface area contributed by atoms with Crippen molar-refractivity contribution in [2.45, 2.75) is 46.7 Å². The van der Waals surface area contributed by atoms with E-state index in [-0.39, 0.29) is 17.5 Å². The van der Waals surface area contributed by atoms with E-state index in [1.807, 2.05) is 97.8 Å². The third-order valence-corrected chi connectivity index (χ3v) is 5.86. The zero-order chi connectivity index (χ0) is 22.2. The Morgan fingerprint density at radius 2 is 1.52 bits per heavy atom. The lowest BCUT2D eigenvalue weighted by Crippen LogP contribution is -2.45. The van der Waals surface area contributed by atoms with Crippen LogP contribution in [-0.4, -0.2) is 26.9 Å². The van der Waals surface area contributed by atoms with Crippen LogP contribution in [0.2, 0.25) is 0 Å². The number of carbonyl (C=O) groups excluding carboxylic acids is 1. The van der Waals surface area contributed by atoms with E-state index < -0.39 is 5.41 Å². The van der Waals surface area contributed by atoms with Crippen molar-refractivity contribution in [2.75, 3.05) is 6.54 Å². The molecule has 2 heterocycles. The fourth-order valence-electron chi connectivity index (χ4n) is 4.33. The van der Waals surface area contributed by atoms with Gasteiger partial charge in [-0.1, -0.05) is 81.4 Å². The number of hydrogen-bond acceptors (Lipinski definition) is 3. The van der Waals surface area contributed by atoms with Crippen LogP contribution in [0, 0.1) is 12.3 Å². The largest absolute Gasteiger partial charge is 0.336 e. The molecule has 31 heavy (non-hydrogen) atoms. The van der Waals surface area contributed by atoms with E-state index in [0.717, 1.165) is 22.4 Å². The number of hydrogen-bond donors (Lipinski definition) is 0. The van der Waals surface area contributed by atoms with Gasteiger partial charge in [-0.05, 0) is 24.5 Å². The molecule has 0 unspecified atom stereocenters. The van der Waals surface area contributed by atoms with E-state index in [4.69, 9.17) is 4.98 Å². The third kappa shape index (κ3) is 4.05. The van der Waals surface area contributed by atoms with E-state index in [0.29, 0.717) is 25.3 Å². The predicted octanol–water partition coefficient (Wildman–Crippen LogP) is 4.12. The van der Waals surface area contributed by atoms with Gasteiger partial charge in [-0.25, -0.2) is 4.98 Å². The molecule has 1 amide bonds. The van der Waals surface area contributed by atoms with Gasteiger partial charge in [-0.2, -0.15) is 0 Å². The molecule has 0 atom stereocenters. The molecule has 4 rings (SSSR count). The van der Waals surface area contributed by atoms with Gasteiger partial charge < -0.3 is 4.90 Å². The van der Waals surface area contributed by atoms with E-state index in [1.54, 1.807) is 0 Å². The van der Waals surface area contributed by atoms with E-state index in [2.05, 4.69) is 0 Å². The second-order valence-electron chi connectivity index (χ2n) is 9.21. The van der Waals surface area contributed by atoms with Gasteiger partial charge in [0.1, 0.15) is 5.82 Å². The van der Waals surface area contributed by atoms with Crippen LogP contribution < -0.4 is 5.56 Å². The standard InChI is InChI=1S/C26H29N3O2/c1-18-27-22-17-28(25(31)26(2,3)4)16-15-21(22)24(30)29(18)23(19-11-7-5-8-12-19)20-13-9-6-10-14-20/h5-14,23H,15-17H2,1-4H3. The Labute approximate surface area is 183 Å². The van der Waals surface area contributed by atoms with Gasteiger partial charge in [0.25, 0.3) is 5.56 Å². The number of carbonyl (C=O) groups is 1. The summed E-state index contributed by atoms with van der Waals surface area (Å²) in [6.07, 6.45) is 0.527. The number of aryl methyl sites for hydroxylation is 1. The molecule has 0 radical (unpaired) electrons. The highest BCUT2D eigenvalue weighted by Gasteiger charge is 2.32. The highest BCUT2D eigenvalue weighted by atomic mass is 16.2. The van der Waals surface area contributed by atoms with Crippen LogP contribution in [0.15, 0.2) is 65.5 Å². The van der Waals surface area contributed by atoms with Crippen molar-refractivity contribution in [2.24, 2.45) is 5.41 Å². The van der Waals surface area contributed by atoms with Crippen molar-refractivity contribution >= 4 is 5.91 Å². The van der Waals surface area contributed by atoms with Crippen LogP contribution in [0.1, 0.15) is 55.0 Å². The van der Waals surface area contributed by atoms with Gasteiger partial charge >= 0.3 is 0 Å². The molecule has 0 saturated carbocycles. The molecule has 3 aromatic rings. The number of amides is 1. The molecule has 0 spiro atoms. The Hall–Kier alpha value is -3.21. The van der Waals surface area contributed by atoms with Crippen LogP contribution in [0.3, 0.4) is 0 Å². The van der Waals surface area contributed by atoms with Gasteiger partial charge in [0, 0.05) is 17.5 Å². The van der Waals surface area contributed by atoms with Crippen LogP contribution in [0.25, 0.3) is 0 Å². The number of nitrogens with zero attached hydrogens (tertiary/aromatic N) is 3. The first-order valence-corrected chi connectivity index (χ1v) is 10.8. The average Bonchev–Trinajstić information content (AvgIpc) is 2.76. The molecule has 0 N–H and O–H groups in total. The van der Waals surface area contributed by atoms with Gasteiger partial charge in [-0.3, -0.25) is 14.2 Å². The molecule has 0 saturated heterocycles. The van der Waals surface area contributed by atoms with E-state index in [1.165, 1.54) is 0 Å².